The second-order valence-corrected chi connectivity index (χ2v) is 5.25. The van der Waals surface area contributed by atoms with Gasteiger partial charge in [0.05, 0.1) is 4.90 Å². The Morgan fingerprint density at radius 2 is 1.50 bits per heavy atom. The van der Waals surface area contributed by atoms with Gasteiger partial charge in [0.25, 0.3) is 0 Å². The summed E-state index contributed by atoms with van der Waals surface area (Å²) in [5, 5.41) is 0.480. The van der Waals surface area contributed by atoms with Crippen molar-refractivity contribution in [3.05, 3.63) is 54.6 Å². The van der Waals surface area contributed by atoms with Crippen LogP contribution in [0.2, 0.25) is 0 Å². The molecule has 0 bridgehead atoms. The van der Waals surface area contributed by atoms with Gasteiger partial charge in [-0.15, -0.1) is 0 Å². The summed E-state index contributed by atoms with van der Waals surface area (Å²) in [6.07, 6.45) is 0. The zero-order valence-electron chi connectivity index (χ0n) is 10.1. The highest BCUT2D eigenvalue weighted by Crippen LogP contribution is 2.46. The van der Waals surface area contributed by atoms with Gasteiger partial charge in [-0.1, -0.05) is 42.5 Å². The van der Waals surface area contributed by atoms with Crippen molar-refractivity contribution in [2.24, 2.45) is 0 Å². The van der Waals surface area contributed by atoms with Gasteiger partial charge in [-0.3, -0.25) is 0 Å². The van der Waals surface area contributed by atoms with Crippen molar-refractivity contribution in [2.45, 2.75) is 10.4 Å². The number of fused-ring (bicyclic) bond motifs is 1. The molecule has 0 amide bonds. The van der Waals surface area contributed by atoms with Crippen LogP contribution in [0.15, 0.2) is 63.9 Å². The van der Waals surface area contributed by atoms with E-state index in [1.165, 1.54) is 0 Å². The highest BCUT2D eigenvalue weighted by atomic mass is 32.2. The Morgan fingerprint density at radius 3 is 2.20 bits per heavy atom. The minimum atomic E-state index is -4.35. The van der Waals surface area contributed by atoms with Gasteiger partial charge in [-0.25, -0.2) is 0 Å². The predicted molar refractivity (Wildman–Crippen MR) is 73.6 cm³/mol. The van der Waals surface area contributed by atoms with E-state index in [4.69, 9.17) is 4.42 Å². The molecule has 0 atom stereocenters. The fraction of sp³-hybridized carbons (Fsp3) is 0.0667. The SMILES string of the molecule is FC(F)(F)Sc1c(-c2ccccc2)oc2ccccc12. The van der Waals surface area contributed by atoms with Crippen LogP contribution in [0.25, 0.3) is 22.3 Å². The molecule has 0 aliphatic rings. The van der Waals surface area contributed by atoms with Crippen molar-refractivity contribution in [3.8, 4) is 11.3 Å². The predicted octanol–water partition coefficient (Wildman–Crippen LogP) is 5.71. The number of alkyl halides is 3. The number of thioether (sulfide) groups is 1. The molecule has 0 N–H and O–H groups in total. The first-order chi connectivity index (χ1) is 9.54. The Balaban J connectivity index is 2.23. The van der Waals surface area contributed by atoms with E-state index < -0.39 is 5.51 Å². The summed E-state index contributed by atoms with van der Waals surface area (Å²) in [5.74, 6) is 0.258. The lowest BCUT2D eigenvalue weighted by Crippen LogP contribution is -1.99. The maximum atomic E-state index is 12.8. The lowest BCUT2D eigenvalue weighted by atomic mass is 10.1. The lowest BCUT2D eigenvalue weighted by Gasteiger charge is -2.06. The van der Waals surface area contributed by atoms with E-state index in [0.717, 1.165) is 0 Å². The Labute approximate surface area is 117 Å². The quantitative estimate of drug-likeness (QED) is 0.561. The van der Waals surface area contributed by atoms with Gasteiger partial charge in [0.15, 0.2) is 0 Å². The average molecular weight is 294 g/mol. The summed E-state index contributed by atoms with van der Waals surface area (Å²) < 4.78 is 43.9. The molecule has 0 aliphatic carbocycles. The van der Waals surface area contributed by atoms with Crippen LogP contribution in [0.1, 0.15) is 0 Å². The zero-order chi connectivity index (χ0) is 14.2. The Hall–Kier alpha value is -1.88. The second-order valence-electron chi connectivity index (χ2n) is 4.17. The number of furan rings is 1. The molecule has 0 spiro atoms. The lowest BCUT2D eigenvalue weighted by molar-refractivity contribution is -0.0327. The van der Waals surface area contributed by atoms with Crippen molar-refractivity contribution < 1.29 is 17.6 Å². The molecule has 1 heterocycles. The van der Waals surface area contributed by atoms with Crippen molar-refractivity contribution in [2.75, 3.05) is 0 Å². The molecule has 1 aromatic heterocycles. The molecule has 0 aliphatic heterocycles. The molecule has 0 saturated carbocycles. The summed E-state index contributed by atoms with van der Waals surface area (Å²) in [6, 6.07) is 15.6. The fourth-order valence-corrected chi connectivity index (χ4v) is 2.78. The summed E-state index contributed by atoms with van der Waals surface area (Å²) in [4.78, 5) is 0.110. The maximum absolute atomic E-state index is 12.8. The molecule has 3 aromatic rings. The molecule has 3 rings (SSSR count). The van der Waals surface area contributed by atoms with E-state index in [1.54, 1.807) is 48.5 Å². The molecule has 0 fully saturated rings. The van der Waals surface area contributed by atoms with E-state index in [2.05, 4.69) is 0 Å². The van der Waals surface area contributed by atoms with Gasteiger partial charge >= 0.3 is 5.51 Å². The molecule has 0 radical (unpaired) electrons. The largest absolute Gasteiger partial charge is 0.455 e. The first-order valence-corrected chi connectivity index (χ1v) is 6.69. The van der Waals surface area contributed by atoms with Gasteiger partial charge < -0.3 is 4.42 Å². The Kier molecular flexibility index (Phi) is 3.22. The molecular weight excluding hydrogens is 285 g/mol. The molecule has 0 saturated heterocycles. The van der Waals surface area contributed by atoms with Crippen molar-refractivity contribution >= 4 is 22.7 Å². The third-order valence-electron chi connectivity index (χ3n) is 2.80. The van der Waals surface area contributed by atoms with Crippen LogP contribution in [0, 0.1) is 0 Å². The smallest absolute Gasteiger partial charge is 0.446 e. The zero-order valence-corrected chi connectivity index (χ0v) is 11.0. The first kappa shape index (κ1) is 13.1. The standard InChI is InChI=1S/C15H9F3OS/c16-15(17,18)20-14-11-8-4-5-9-12(11)19-13(14)10-6-2-1-3-7-10/h1-9H. The van der Waals surface area contributed by atoms with Crippen LogP contribution >= 0.6 is 11.8 Å². The number of halogens is 3. The van der Waals surface area contributed by atoms with Gasteiger partial charge in [0.2, 0.25) is 0 Å². The number of hydrogen-bond donors (Lipinski definition) is 0. The summed E-state index contributed by atoms with van der Waals surface area (Å²) >= 11 is -0.135. The minimum absolute atomic E-state index is 0.110. The first-order valence-electron chi connectivity index (χ1n) is 5.87. The van der Waals surface area contributed by atoms with Gasteiger partial charge in [-0.2, -0.15) is 13.2 Å². The van der Waals surface area contributed by atoms with E-state index in [1.807, 2.05) is 6.07 Å². The number of hydrogen-bond acceptors (Lipinski definition) is 2. The van der Waals surface area contributed by atoms with Crippen LogP contribution in [-0.2, 0) is 0 Å². The average Bonchev–Trinajstić information content (AvgIpc) is 2.77. The van der Waals surface area contributed by atoms with Crippen molar-refractivity contribution in [3.63, 3.8) is 0 Å². The summed E-state index contributed by atoms with van der Waals surface area (Å²) in [5.41, 5.74) is -3.26. The second kappa shape index (κ2) is 4.90. The topological polar surface area (TPSA) is 13.1 Å². The van der Waals surface area contributed by atoms with E-state index in [9.17, 15) is 13.2 Å². The molecule has 20 heavy (non-hydrogen) atoms. The van der Waals surface area contributed by atoms with Crippen LogP contribution in [-0.4, -0.2) is 5.51 Å². The third kappa shape index (κ3) is 2.54. The minimum Gasteiger partial charge on any atom is -0.455 e. The number of benzene rings is 2. The highest BCUT2D eigenvalue weighted by Gasteiger charge is 2.33. The highest BCUT2D eigenvalue weighted by molar-refractivity contribution is 8.00. The molecule has 102 valence electrons. The summed E-state index contributed by atoms with van der Waals surface area (Å²) in [7, 11) is 0. The Bertz CT molecular complexity index is 732. The van der Waals surface area contributed by atoms with Crippen LogP contribution in [0.4, 0.5) is 13.2 Å². The number of para-hydroxylation sites is 1. The van der Waals surface area contributed by atoms with Crippen LogP contribution in [0.3, 0.4) is 0 Å². The van der Waals surface area contributed by atoms with Gasteiger partial charge in [-0.05, 0) is 23.9 Å². The van der Waals surface area contributed by atoms with E-state index in [-0.39, 0.29) is 22.4 Å². The van der Waals surface area contributed by atoms with E-state index >= 15 is 0 Å². The van der Waals surface area contributed by atoms with E-state index in [0.29, 0.717) is 16.5 Å². The maximum Gasteiger partial charge on any atom is 0.446 e. The monoisotopic (exact) mass is 294 g/mol. The molecule has 1 nitrogen and oxygen atoms in total. The third-order valence-corrected chi connectivity index (χ3v) is 3.64. The molecule has 2 aromatic carbocycles. The van der Waals surface area contributed by atoms with Crippen LogP contribution < -0.4 is 0 Å². The van der Waals surface area contributed by atoms with Gasteiger partial charge in [0.1, 0.15) is 11.3 Å². The normalized spacial score (nSPS) is 11.9. The summed E-state index contributed by atoms with van der Waals surface area (Å²) in [6.45, 7) is 0. The molecule has 5 heteroatoms. The molecule has 0 unspecified atom stereocenters. The van der Waals surface area contributed by atoms with Crippen molar-refractivity contribution in [1.29, 1.82) is 0 Å². The van der Waals surface area contributed by atoms with Gasteiger partial charge in [0, 0.05) is 10.9 Å². The Morgan fingerprint density at radius 1 is 0.850 bits per heavy atom. The number of rotatable bonds is 2. The van der Waals surface area contributed by atoms with Crippen LogP contribution in [0.5, 0.6) is 0 Å². The fourth-order valence-electron chi connectivity index (χ4n) is 2.02. The van der Waals surface area contributed by atoms with Crippen molar-refractivity contribution in [1.82, 2.24) is 0 Å². The molecular formula is C15H9F3OS.